The van der Waals surface area contributed by atoms with Crippen molar-refractivity contribution in [2.45, 2.75) is 26.7 Å². The van der Waals surface area contributed by atoms with Crippen molar-refractivity contribution >= 4 is 12.0 Å². The average molecular weight is 215 g/mol. The van der Waals surface area contributed by atoms with Crippen molar-refractivity contribution in [2.24, 2.45) is 4.99 Å². The van der Waals surface area contributed by atoms with E-state index in [2.05, 4.69) is 17.1 Å². The molecule has 0 saturated carbocycles. The molecule has 0 unspecified atom stereocenters. The highest BCUT2D eigenvalue weighted by molar-refractivity contribution is 5.94. The number of Topliss-reactive ketones (excluding diaryl/α,β-unsaturated/α-hetero) is 1. The molecule has 0 fully saturated rings. The van der Waals surface area contributed by atoms with E-state index in [-0.39, 0.29) is 5.78 Å². The van der Waals surface area contributed by atoms with Gasteiger partial charge in [-0.1, -0.05) is 36.4 Å². The van der Waals surface area contributed by atoms with Gasteiger partial charge in [0.25, 0.3) is 0 Å². The Morgan fingerprint density at radius 2 is 2.00 bits per heavy atom. The fraction of sp³-hybridized carbons (Fsp3) is 0.286. The molecule has 0 aliphatic rings. The molecule has 0 atom stereocenters. The number of benzene rings is 1. The average Bonchev–Trinajstić information content (AvgIpc) is 2.29. The molecule has 0 N–H and O–H groups in total. The van der Waals surface area contributed by atoms with Crippen molar-refractivity contribution in [1.82, 2.24) is 0 Å². The summed E-state index contributed by atoms with van der Waals surface area (Å²) in [5.41, 5.74) is 1.83. The van der Waals surface area contributed by atoms with Gasteiger partial charge in [0.1, 0.15) is 5.70 Å². The van der Waals surface area contributed by atoms with Gasteiger partial charge in [-0.15, -0.1) is 0 Å². The molecule has 0 aromatic heterocycles. The normalized spacial score (nSPS) is 12.0. The number of hydrogen-bond donors (Lipinski definition) is 0. The number of nitrogens with zero attached hydrogens (tertiary/aromatic N) is 1. The van der Waals surface area contributed by atoms with Crippen LogP contribution in [0.2, 0.25) is 0 Å². The van der Waals surface area contributed by atoms with Crippen LogP contribution in [0.4, 0.5) is 0 Å². The van der Waals surface area contributed by atoms with Crippen molar-refractivity contribution in [1.29, 1.82) is 0 Å². The highest BCUT2D eigenvalue weighted by atomic mass is 16.1. The van der Waals surface area contributed by atoms with Crippen molar-refractivity contribution in [2.75, 3.05) is 0 Å². The van der Waals surface area contributed by atoms with Crippen molar-refractivity contribution in [3.63, 3.8) is 0 Å². The van der Waals surface area contributed by atoms with Gasteiger partial charge in [0.05, 0.1) is 0 Å². The van der Waals surface area contributed by atoms with E-state index in [9.17, 15) is 4.79 Å². The number of aliphatic imine (C=N–C) groups is 1. The molecular weight excluding hydrogens is 198 g/mol. The molecule has 0 radical (unpaired) electrons. The lowest BCUT2D eigenvalue weighted by atomic mass is 10.1. The molecule has 0 spiro atoms. The number of hydrogen-bond acceptors (Lipinski definition) is 2. The zero-order valence-electron chi connectivity index (χ0n) is 9.81. The van der Waals surface area contributed by atoms with E-state index in [1.165, 1.54) is 5.56 Å². The Morgan fingerprint density at radius 1 is 1.31 bits per heavy atom. The molecule has 2 heteroatoms. The SMILES string of the molecule is CC=N/C(=C\CCc1ccccc1)C(C)=O. The third kappa shape index (κ3) is 4.22. The Morgan fingerprint density at radius 3 is 2.56 bits per heavy atom. The van der Waals surface area contributed by atoms with Crippen molar-refractivity contribution < 1.29 is 4.79 Å². The number of carbonyl (C=O) groups excluding carboxylic acids is 1. The maximum atomic E-state index is 11.2. The highest BCUT2D eigenvalue weighted by Gasteiger charge is 1.99. The van der Waals surface area contributed by atoms with Gasteiger partial charge in [-0.25, -0.2) is 0 Å². The smallest absolute Gasteiger partial charge is 0.177 e. The van der Waals surface area contributed by atoms with Crippen LogP contribution in [0.3, 0.4) is 0 Å². The molecule has 0 aliphatic heterocycles. The van der Waals surface area contributed by atoms with E-state index in [1.54, 1.807) is 13.1 Å². The molecule has 1 aromatic rings. The van der Waals surface area contributed by atoms with E-state index in [0.717, 1.165) is 12.8 Å². The Kier molecular flexibility index (Phi) is 5.20. The zero-order valence-corrected chi connectivity index (χ0v) is 9.81. The molecule has 2 nitrogen and oxygen atoms in total. The molecule has 0 saturated heterocycles. The monoisotopic (exact) mass is 215 g/mol. The van der Waals surface area contributed by atoms with Gasteiger partial charge >= 0.3 is 0 Å². The Hall–Kier alpha value is -1.70. The van der Waals surface area contributed by atoms with E-state index >= 15 is 0 Å². The first kappa shape index (κ1) is 12.4. The van der Waals surface area contributed by atoms with Gasteiger partial charge in [-0.05, 0) is 25.3 Å². The lowest BCUT2D eigenvalue weighted by Gasteiger charge is -1.98. The summed E-state index contributed by atoms with van der Waals surface area (Å²) in [6.45, 7) is 3.36. The number of ketones is 1. The third-order valence-corrected chi connectivity index (χ3v) is 2.24. The second-order valence-electron chi connectivity index (χ2n) is 3.56. The first-order valence-corrected chi connectivity index (χ1v) is 5.47. The van der Waals surface area contributed by atoms with Gasteiger partial charge < -0.3 is 0 Å². The summed E-state index contributed by atoms with van der Waals surface area (Å²) in [5.74, 6) is 0.0196. The fourth-order valence-electron chi connectivity index (χ4n) is 1.45. The predicted molar refractivity (Wildman–Crippen MR) is 67.7 cm³/mol. The van der Waals surface area contributed by atoms with E-state index in [1.807, 2.05) is 31.2 Å². The maximum Gasteiger partial charge on any atom is 0.177 e. The van der Waals surface area contributed by atoms with Crippen LogP contribution in [0.15, 0.2) is 47.1 Å². The minimum atomic E-state index is 0.0196. The molecule has 0 heterocycles. The topological polar surface area (TPSA) is 29.4 Å². The van der Waals surface area contributed by atoms with Gasteiger partial charge in [-0.2, -0.15) is 0 Å². The van der Waals surface area contributed by atoms with Crippen molar-refractivity contribution in [3.8, 4) is 0 Å². The quantitative estimate of drug-likeness (QED) is 0.548. The molecule has 1 aromatic carbocycles. The lowest BCUT2D eigenvalue weighted by Crippen LogP contribution is -1.94. The summed E-state index contributed by atoms with van der Waals surface area (Å²) < 4.78 is 0. The zero-order chi connectivity index (χ0) is 11.8. The number of allylic oxidation sites excluding steroid dienone is 2. The van der Waals surface area contributed by atoms with Crippen molar-refractivity contribution in [3.05, 3.63) is 47.7 Å². The maximum absolute atomic E-state index is 11.2. The van der Waals surface area contributed by atoms with Crippen LogP contribution < -0.4 is 0 Å². The number of carbonyl (C=O) groups is 1. The third-order valence-electron chi connectivity index (χ3n) is 2.24. The van der Waals surface area contributed by atoms with Gasteiger partial charge in [-0.3, -0.25) is 9.79 Å². The molecule has 16 heavy (non-hydrogen) atoms. The van der Waals surface area contributed by atoms with Crippen LogP contribution in [-0.4, -0.2) is 12.0 Å². The van der Waals surface area contributed by atoms with E-state index in [0.29, 0.717) is 5.70 Å². The second kappa shape index (κ2) is 6.72. The Bertz CT molecular complexity index is 390. The van der Waals surface area contributed by atoms with E-state index < -0.39 is 0 Å². The van der Waals surface area contributed by atoms with Crippen LogP contribution in [0.1, 0.15) is 25.8 Å². The van der Waals surface area contributed by atoms with Gasteiger partial charge in [0, 0.05) is 13.1 Å². The summed E-state index contributed by atoms with van der Waals surface area (Å²) in [6.07, 6.45) is 5.33. The summed E-state index contributed by atoms with van der Waals surface area (Å²) >= 11 is 0. The number of aryl methyl sites for hydroxylation is 1. The molecule has 0 amide bonds. The minimum Gasteiger partial charge on any atom is -0.293 e. The van der Waals surface area contributed by atoms with Crippen LogP contribution in [0.25, 0.3) is 0 Å². The summed E-state index contributed by atoms with van der Waals surface area (Å²) in [7, 11) is 0. The predicted octanol–water partition coefficient (Wildman–Crippen LogP) is 3.18. The largest absolute Gasteiger partial charge is 0.293 e. The van der Waals surface area contributed by atoms with Crippen LogP contribution in [0, 0.1) is 0 Å². The first-order chi connectivity index (χ1) is 7.74. The van der Waals surface area contributed by atoms with Gasteiger partial charge in [0.2, 0.25) is 0 Å². The Balaban J connectivity index is 2.55. The lowest BCUT2D eigenvalue weighted by molar-refractivity contribution is -0.113. The minimum absolute atomic E-state index is 0.0196. The number of rotatable bonds is 5. The molecule has 0 aliphatic carbocycles. The molecule has 84 valence electrons. The van der Waals surface area contributed by atoms with Gasteiger partial charge in [0.15, 0.2) is 5.78 Å². The molecular formula is C14H17NO. The standard InChI is InChI=1S/C14H17NO/c1-3-15-14(12(2)16)11-7-10-13-8-5-4-6-9-13/h3-6,8-9,11H,7,10H2,1-2H3/b14-11-,15-3?. The molecule has 0 bridgehead atoms. The summed E-state index contributed by atoms with van der Waals surface area (Å²) in [5, 5.41) is 0. The van der Waals surface area contributed by atoms with Crippen LogP contribution >= 0.6 is 0 Å². The second-order valence-corrected chi connectivity index (χ2v) is 3.56. The fourth-order valence-corrected chi connectivity index (χ4v) is 1.45. The van der Waals surface area contributed by atoms with E-state index in [4.69, 9.17) is 0 Å². The first-order valence-electron chi connectivity index (χ1n) is 5.47. The van der Waals surface area contributed by atoms with Crippen LogP contribution in [-0.2, 0) is 11.2 Å². The summed E-state index contributed by atoms with van der Waals surface area (Å²) in [6, 6.07) is 10.2. The van der Waals surface area contributed by atoms with Crippen LogP contribution in [0.5, 0.6) is 0 Å². The highest BCUT2D eigenvalue weighted by Crippen LogP contribution is 2.06. The molecule has 1 rings (SSSR count). The summed E-state index contributed by atoms with van der Waals surface area (Å²) in [4.78, 5) is 15.2. The Labute approximate surface area is 96.7 Å².